The van der Waals surface area contributed by atoms with Gasteiger partial charge in [0.2, 0.25) is 11.8 Å². The van der Waals surface area contributed by atoms with Crippen LogP contribution in [0.25, 0.3) is 11.0 Å². The van der Waals surface area contributed by atoms with Crippen molar-refractivity contribution in [2.45, 2.75) is 25.7 Å². The molecule has 0 bridgehead atoms. The Morgan fingerprint density at radius 3 is 2.89 bits per heavy atom. The Labute approximate surface area is 155 Å². The number of methoxy groups -OCH3 is 1. The van der Waals surface area contributed by atoms with Gasteiger partial charge >= 0.3 is 5.97 Å². The maximum atomic E-state index is 12.6. The number of anilines is 1. The number of carbonyl (C=O) groups is 3. The van der Waals surface area contributed by atoms with Gasteiger partial charge in [0.25, 0.3) is 0 Å². The zero-order chi connectivity index (χ0) is 19.2. The zero-order valence-electron chi connectivity index (χ0n) is 15.3. The molecule has 2 aliphatic rings. The third-order valence-electron chi connectivity index (χ3n) is 5.64. The summed E-state index contributed by atoms with van der Waals surface area (Å²) < 4.78 is 6.51. The smallest absolute Gasteiger partial charge is 0.354 e. The average molecular weight is 371 g/mol. The van der Waals surface area contributed by atoms with Crippen LogP contribution in [0.3, 0.4) is 0 Å². The first kappa shape index (κ1) is 17.4. The van der Waals surface area contributed by atoms with Crippen LogP contribution in [-0.4, -0.2) is 52.5 Å². The van der Waals surface area contributed by atoms with Crippen LogP contribution in [-0.2, 0) is 21.4 Å². The number of ether oxygens (including phenoxy) is 1. The SMILES string of the molecule is COC(=O)c1cc2c(N3CCC4(CCCC(=O)NC4=O)C3)ncnc2n1C. The number of hydrogen-bond acceptors (Lipinski definition) is 7. The first-order chi connectivity index (χ1) is 12.9. The zero-order valence-corrected chi connectivity index (χ0v) is 15.3. The Hall–Kier alpha value is -2.97. The first-order valence-electron chi connectivity index (χ1n) is 8.93. The molecule has 4 heterocycles. The summed E-state index contributed by atoms with van der Waals surface area (Å²) in [6.45, 7) is 1.14. The molecule has 2 saturated heterocycles. The molecule has 2 amide bonds. The lowest BCUT2D eigenvalue weighted by Crippen LogP contribution is -2.43. The van der Waals surface area contributed by atoms with Crippen molar-refractivity contribution >= 4 is 34.6 Å². The highest BCUT2D eigenvalue weighted by Crippen LogP contribution is 2.40. The van der Waals surface area contributed by atoms with Gasteiger partial charge in [0.15, 0.2) is 0 Å². The lowest BCUT2D eigenvalue weighted by atomic mass is 9.82. The molecule has 2 fully saturated rings. The van der Waals surface area contributed by atoms with Crippen LogP contribution >= 0.6 is 0 Å². The molecule has 1 unspecified atom stereocenters. The van der Waals surface area contributed by atoms with E-state index in [0.717, 1.165) is 5.39 Å². The fraction of sp³-hybridized carbons (Fsp3) is 0.500. The number of nitrogens with zero attached hydrogens (tertiary/aromatic N) is 4. The Morgan fingerprint density at radius 1 is 1.30 bits per heavy atom. The van der Waals surface area contributed by atoms with Crippen molar-refractivity contribution in [2.24, 2.45) is 12.5 Å². The third-order valence-corrected chi connectivity index (χ3v) is 5.64. The molecule has 1 atom stereocenters. The lowest BCUT2D eigenvalue weighted by molar-refractivity contribution is -0.134. The summed E-state index contributed by atoms with van der Waals surface area (Å²) in [6, 6.07) is 1.72. The summed E-state index contributed by atoms with van der Waals surface area (Å²) in [6.07, 6.45) is 3.88. The van der Waals surface area contributed by atoms with Crippen LogP contribution in [0.2, 0.25) is 0 Å². The van der Waals surface area contributed by atoms with Crippen molar-refractivity contribution in [3.63, 3.8) is 0 Å². The minimum Gasteiger partial charge on any atom is -0.464 e. The van der Waals surface area contributed by atoms with Gasteiger partial charge in [-0.05, 0) is 25.3 Å². The largest absolute Gasteiger partial charge is 0.464 e. The van der Waals surface area contributed by atoms with Crippen molar-refractivity contribution in [2.75, 3.05) is 25.1 Å². The molecule has 27 heavy (non-hydrogen) atoms. The van der Waals surface area contributed by atoms with Gasteiger partial charge in [-0.1, -0.05) is 0 Å². The number of esters is 1. The number of aryl methyl sites for hydroxylation is 1. The summed E-state index contributed by atoms with van der Waals surface area (Å²) in [5.41, 5.74) is 0.437. The summed E-state index contributed by atoms with van der Waals surface area (Å²) in [4.78, 5) is 47.0. The van der Waals surface area contributed by atoms with E-state index in [1.54, 1.807) is 17.7 Å². The van der Waals surface area contributed by atoms with E-state index < -0.39 is 11.4 Å². The highest BCUT2D eigenvalue weighted by Gasteiger charge is 2.46. The Balaban J connectivity index is 1.70. The Morgan fingerprint density at radius 2 is 2.11 bits per heavy atom. The van der Waals surface area contributed by atoms with Crippen molar-refractivity contribution < 1.29 is 19.1 Å². The predicted octanol–water partition coefficient (Wildman–Crippen LogP) is 0.778. The maximum absolute atomic E-state index is 12.6. The van der Waals surface area contributed by atoms with E-state index in [1.807, 2.05) is 4.90 Å². The third kappa shape index (κ3) is 2.73. The van der Waals surface area contributed by atoms with E-state index >= 15 is 0 Å². The molecule has 0 aliphatic carbocycles. The number of fused-ring (bicyclic) bond motifs is 1. The van der Waals surface area contributed by atoms with Crippen LogP contribution in [0.4, 0.5) is 5.82 Å². The van der Waals surface area contributed by atoms with Gasteiger partial charge in [0.1, 0.15) is 23.5 Å². The summed E-state index contributed by atoms with van der Waals surface area (Å²) in [5, 5.41) is 3.26. The molecule has 0 radical (unpaired) electrons. The molecule has 0 aromatic carbocycles. The minimum atomic E-state index is -0.580. The molecule has 1 spiro atoms. The van der Waals surface area contributed by atoms with Gasteiger partial charge in [-0.2, -0.15) is 0 Å². The standard InChI is InChI=1S/C18H21N5O4/c1-22-12(16(25)27-2)8-11-14(22)19-10-20-15(11)23-7-6-18(9-23)5-3-4-13(24)21-17(18)26/h8,10H,3-7,9H2,1-2H3,(H,21,24,26). The van der Waals surface area contributed by atoms with Gasteiger partial charge in [-0.15, -0.1) is 0 Å². The normalized spacial score (nSPS) is 23.0. The second-order valence-electron chi connectivity index (χ2n) is 7.20. The van der Waals surface area contributed by atoms with Crippen molar-refractivity contribution in [3.8, 4) is 0 Å². The molecule has 142 valence electrons. The van der Waals surface area contributed by atoms with E-state index in [2.05, 4.69) is 15.3 Å². The van der Waals surface area contributed by atoms with Gasteiger partial charge in [-0.25, -0.2) is 14.8 Å². The highest BCUT2D eigenvalue weighted by atomic mass is 16.5. The Bertz CT molecular complexity index is 953. The monoisotopic (exact) mass is 371 g/mol. The van der Waals surface area contributed by atoms with Gasteiger partial charge in [0, 0.05) is 26.6 Å². The molecule has 4 rings (SSSR count). The molecule has 0 saturated carbocycles. The van der Waals surface area contributed by atoms with Gasteiger partial charge in [-0.3, -0.25) is 14.9 Å². The second kappa shape index (κ2) is 6.33. The summed E-state index contributed by atoms with van der Waals surface area (Å²) >= 11 is 0. The molecule has 2 aliphatic heterocycles. The highest BCUT2D eigenvalue weighted by molar-refractivity contribution is 6.00. The number of nitrogens with one attached hydrogen (secondary N) is 1. The predicted molar refractivity (Wildman–Crippen MR) is 96.1 cm³/mol. The molecule has 9 nitrogen and oxygen atoms in total. The number of imide groups is 1. The van der Waals surface area contributed by atoms with Gasteiger partial charge < -0.3 is 14.2 Å². The topological polar surface area (TPSA) is 106 Å². The maximum Gasteiger partial charge on any atom is 0.354 e. The second-order valence-corrected chi connectivity index (χ2v) is 7.20. The summed E-state index contributed by atoms with van der Waals surface area (Å²) in [5.74, 6) is -0.154. The van der Waals surface area contributed by atoms with E-state index in [4.69, 9.17) is 4.74 Å². The van der Waals surface area contributed by atoms with Crippen molar-refractivity contribution in [3.05, 3.63) is 18.1 Å². The van der Waals surface area contributed by atoms with E-state index in [1.165, 1.54) is 13.4 Å². The molecule has 2 aromatic rings. The van der Waals surface area contributed by atoms with E-state index in [9.17, 15) is 14.4 Å². The molecular formula is C18H21N5O4. The lowest BCUT2D eigenvalue weighted by Gasteiger charge is -2.26. The van der Waals surface area contributed by atoms with Crippen LogP contribution in [0, 0.1) is 5.41 Å². The number of hydrogen-bond donors (Lipinski definition) is 1. The average Bonchev–Trinajstić information content (AvgIpc) is 3.20. The van der Waals surface area contributed by atoms with Crippen molar-refractivity contribution in [1.29, 1.82) is 0 Å². The number of carbonyl (C=O) groups excluding carboxylic acids is 3. The molecule has 2 aromatic heterocycles. The number of amides is 2. The van der Waals surface area contributed by atoms with E-state index in [0.29, 0.717) is 55.9 Å². The Kier molecular flexibility index (Phi) is 4.09. The molecule has 9 heteroatoms. The van der Waals surface area contributed by atoms with Crippen LogP contribution in [0.15, 0.2) is 12.4 Å². The number of rotatable bonds is 2. The molecular weight excluding hydrogens is 350 g/mol. The minimum absolute atomic E-state index is 0.193. The fourth-order valence-corrected chi connectivity index (χ4v) is 4.14. The molecule has 1 N–H and O–H groups in total. The fourth-order valence-electron chi connectivity index (χ4n) is 4.14. The van der Waals surface area contributed by atoms with Crippen molar-refractivity contribution in [1.82, 2.24) is 19.9 Å². The van der Waals surface area contributed by atoms with Crippen LogP contribution < -0.4 is 10.2 Å². The quantitative estimate of drug-likeness (QED) is 0.614. The van der Waals surface area contributed by atoms with Gasteiger partial charge in [0.05, 0.1) is 17.9 Å². The van der Waals surface area contributed by atoms with Crippen LogP contribution in [0.5, 0.6) is 0 Å². The number of aromatic nitrogens is 3. The first-order valence-corrected chi connectivity index (χ1v) is 8.93. The summed E-state index contributed by atoms with van der Waals surface area (Å²) in [7, 11) is 3.09. The van der Waals surface area contributed by atoms with Crippen LogP contribution in [0.1, 0.15) is 36.2 Å². The van der Waals surface area contributed by atoms with E-state index in [-0.39, 0.29) is 11.8 Å².